The zero-order valence-corrected chi connectivity index (χ0v) is 6.87. The SMILES string of the molecule is C=C/C(C)=C(/Cl)N(C)C. The number of hydrogen-bond donors (Lipinski definition) is 0. The molecule has 0 saturated heterocycles. The molecule has 0 radical (unpaired) electrons. The fourth-order valence-corrected chi connectivity index (χ4v) is 0.514. The van der Waals surface area contributed by atoms with Crippen molar-refractivity contribution in [2.75, 3.05) is 14.1 Å². The molecule has 0 aliphatic carbocycles. The molecule has 0 aliphatic heterocycles. The Kier molecular flexibility index (Phi) is 3.40. The van der Waals surface area contributed by atoms with E-state index in [-0.39, 0.29) is 0 Å². The average molecular weight is 146 g/mol. The van der Waals surface area contributed by atoms with E-state index in [0.717, 1.165) is 10.7 Å². The van der Waals surface area contributed by atoms with Crippen LogP contribution in [0.2, 0.25) is 0 Å². The zero-order chi connectivity index (χ0) is 7.44. The van der Waals surface area contributed by atoms with Crippen molar-refractivity contribution in [3.63, 3.8) is 0 Å². The zero-order valence-electron chi connectivity index (χ0n) is 6.11. The van der Waals surface area contributed by atoms with Crippen LogP contribution < -0.4 is 0 Å². The van der Waals surface area contributed by atoms with Crippen LogP contribution in [-0.2, 0) is 0 Å². The molecule has 52 valence electrons. The molecule has 9 heavy (non-hydrogen) atoms. The predicted molar refractivity (Wildman–Crippen MR) is 42.4 cm³/mol. The maximum atomic E-state index is 5.80. The molecule has 0 aromatic rings. The van der Waals surface area contributed by atoms with Gasteiger partial charge in [-0.1, -0.05) is 24.3 Å². The van der Waals surface area contributed by atoms with Crippen molar-refractivity contribution in [2.24, 2.45) is 0 Å². The van der Waals surface area contributed by atoms with Gasteiger partial charge in [0.2, 0.25) is 0 Å². The summed E-state index contributed by atoms with van der Waals surface area (Å²) in [6.07, 6.45) is 1.74. The number of allylic oxidation sites excluding steroid dienone is 2. The van der Waals surface area contributed by atoms with Gasteiger partial charge in [-0.2, -0.15) is 0 Å². The lowest BCUT2D eigenvalue weighted by Gasteiger charge is -2.11. The van der Waals surface area contributed by atoms with Crippen molar-refractivity contribution < 1.29 is 0 Å². The molecule has 0 atom stereocenters. The Morgan fingerprint density at radius 3 is 2.11 bits per heavy atom. The molecule has 0 amide bonds. The highest BCUT2D eigenvalue weighted by molar-refractivity contribution is 6.29. The normalized spacial score (nSPS) is 12.4. The van der Waals surface area contributed by atoms with Gasteiger partial charge in [-0.3, -0.25) is 0 Å². The Hall–Kier alpha value is -0.430. The van der Waals surface area contributed by atoms with E-state index in [1.807, 2.05) is 25.9 Å². The second kappa shape index (κ2) is 3.57. The molecule has 0 spiro atoms. The molecule has 0 bridgehead atoms. The first-order valence-corrected chi connectivity index (χ1v) is 3.13. The van der Waals surface area contributed by atoms with Crippen molar-refractivity contribution in [1.29, 1.82) is 0 Å². The number of halogens is 1. The van der Waals surface area contributed by atoms with E-state index in [9.17, 15) is 0 Å². The van der Waals surface area contributed by atoms with Gasteiger partial charge in [-0.05, 0) is 12.5 Å². The minimum Gasteiger partial charge on any atom is -0.368 e. The molecule has 0 aromatic heterocycles. The molecular weight excluding hydrogens is 134 g/mol. The molecule has 0 saturated carbocycles. The molecule has 0 unspecified atom stereocenters. The lowest BCUT2D eigenvalue weighted by Crippen LogP contribution is -2.07. The summed E-state index contributed by atoms with van der Waals surface area (Å²) >= 11 is 5.80. The lowest BCUT2D eigenvalue weighted by molar-refractivity contribution is 0.542. The number of nitrogens with zero attached hydrogens (tertiary/aromatic N) is 1. The molecule has 0 rings (SSSR count). The first-order chi connectivity index (χ1) is 4.09. The topological polar surface area (TPSA) is 3.24 Å². The summed E-state index contributed by atoms with van der Waals surface area (Å²) in [5, 5.41) is 0.741. The van der Waals surface area contributed by atoms with Crippen molar-refractivity contribution in [3.8, 4) is 0 Å². The fraction of sp³-hybridized carbons (Fsp3) is 0.429. The highest BCUT2D eigenvalue weighted by Gasteiger charge is 1.95. The van der Waals surface area contributed by atoms with Gasteiger partial charge in [0.15, 0.2) is 0 Å². The van der Waals surface area contributed by atoms with Gasteiger partial charge in [0.25, 0.3) is 0 Å². The van der Waals surface area contributed by atoms with E-state index in [2.05, 4.69) is 6.58 Å². The average Bonchev–Trinajstić information content (AvgIpc) is 1.84. The maximum absolute atomic E-state index is 5.80. The lowest BCUT2D eigenvalue weighted by atomic mass is 10.3. The van der Waals surface area contributed by atoms with E-state index >= 15 is 0 Å². The van der Waals surface area contributed by atoms with Crippen molar-refractivity contribution in [2.45, 2.75) is 6.92 Å². The number of rotatable bonds is 2. The van der Waals surface area contributed by atoms with Crippen LogP contribution >= 0.6 is 11.6 Å². The van der Waals surface area contributed by atoms with Crippen LogP contribution in [0.1, 0.15) is 6.92 Å². The van der Waals surface area contributed by atoms with E-state index in [1.165, 1.54) is 0 Å². The Morgan fingerprint density at radius 1 is 1.56 bits per heavy atom. The number of hydrogen-bond acceptors (Lipinski definition) is 1. The Labute approximate surface area is 61.6 Å². The van der Waals surface area contributed by atoms with E-state index < -0.39 is 0 Å². The minimum absolute atomic E-state index is 0.741. The van der Waals surface area contributed by atoms with Gasteiger partial charge in [0.05, 0.1) is 0 Å². The first kappa shape index (κ1) is 8.57. The van der Waals surface area contributed by atoms with Crippen LogP contribution in [0.15, 0.2) is 23.4 Å². The largest absolute Gasteiger partial charge is 0.368 e. The van der Waals surface area contributed by atoms with Gasteiger partial charge < -0.3 is 4.90 Å². The van der Waals surface area contributed by atoms with E-state index in [1.54, 1.807) is 6.08 Å². The molecule has 1 nitrogen and oxygen atoms in total. The van der Waals surface area contributed by atoms with Gasteiger partial charge in [0, 0.05) is 14.1 Å². The summed E-state index contributed by atoms with van der Waals surface area (Å²) in [5.74, 6) is 0. The molecule has 0 N–H and O–H groups in total. The Balaban J connectivity index is 4.27. The highest BCUT2D eigenvalue weighted by atomic mass is 35.5. The Bertz CT molecular complexity index is 136. The van der Waals surface area contributed by atoms with Crippen LogP contribution in [-0.4, -0.2) is 19.0 Å². The monoisotopic (exact) mass is 145 g/mol. The smallest absolute Gasteiger partial charge is 0.107 e. The van der Waals surface area contributed by atoms with Gasteiger partial charge >= 0.3 is 0 Å². The fourth-order valence-electron chi connectivity index (χ4n) is 0.437. The van der Waals surface area contributed by atoms with Crippen molar-refractivity contribution in [1.82, 2.24) is 4.90 Å². The second-order valence-corrected chi connectivity index (χ2v) is 2.43. The highest BCUT2D eigenvalue weighted by Crippen LogP contribution is 2.11. The van der Waals surface area contributed by atoms with Crippen LogP contribution in [0.5, 0.6) is 0 Å². The molecule has 0 aliphatic rings. The van der Waals surface area contributed by atoms with Crippen LogP contribution in [0.4, 0.5) is 0 Å². The predicted octanol–water partition coefficient (Wildman–Crippen LogP) is 2.20. The molecule has 0 aromatic carbocycles. The molecule has 2 heteroatoms. The first-order valence-electron chi connectivity index (χ1n) is 2.75. The van der Waals surface area contributed by atoms with Gasteiger partial charge in [-0.15, -0.1) is 0 Å². The molecular formula is C7H12ClN. The summed E-state index contributed by atoms with van der Waals surface area (Å²) in [6, 6.07) is 0. The van der Waals surface area contributed by atoms with Crippen molar-refractivity contribution in [3.05, 3.63) is 23.4 Å². The standard InChI is InChI=1S/C7H12ClN/c1-5-6(2)7(8)9(3)4/h5H,1H2,2-4H3/b7-6-. The van der Waals surface area contributed by atoms with Crippen molar-refractivity contribution >= 4 is 11.6 Å². The molecule has 0 fully saturated rings. The second-order valence-electron chi connectivity index (χ2n) is 2.07. The van der Waals surface area contributed by atoms with Crippen LogP contribution in [0.25, 0.3) is 0 Å². The van der Waals surface area contributed by atoms with Crippen LogP contribution in [0.3, 0.4) is 0 Å². The third kappa shape index (κ3) is 2.56. The van der Waals surface area contributed by atoms with Gasteiger partial charge in [-0.25, -0.2) is 0 Å². The minimum atomic E-state index is 0.741. The quantitative estimate of drug-likeness (QED) is 0.426. The van der Waals surface area contributed by atoms with E-state index in [4.69, 9.17) is 11.6 Å². The third-order valence-corrected chi connectivity index (χ3v) is 1.66. The summed E-state index contributed by atoms with van der Waals surface area (Å²) in [4.78, 5) is 1.85. The third-order valence-electron chi connectivity index (χ3n) is 1.02. The summed E-state index contributed by atoms with van der Waals surface area (Å²) in [5.41, 5.74) is 1.00. The maximum Gasteiger partial charge on any atom is 0.107 e. The summed E-state index contributed by atoms with van der Waals surface area (Å²) in [7, 11) is 3.80. The van der Waals surface area contributed by atoms with Crippen LogP contribution in [0, 0.1) is 0 Å². The Morgan fingerprint density at radius 2 is 2.00 bits per heavy atom. The summed E-state index contributed by atoms with van der Waals surface area (Å²) in [6.45, 7) is 5.52. The molecule has 0 heterocycles. The van der Waals surface area contributed by atoms with Gasteiger partial charge in [0.1, 0.15) is 5.16 Å². The van der Waals surface area contributed by atoms with E-state index in [0.29, 0.717) is 0 Å². The summed E-state index contributed by atoms with van der Waals surface area (Å²) < 4.78 is 0.